The van der Waals surface area contributed by atoms with E-state index in [1.807, 2.05) is 18.2 Å². The van der Waals surface area contributed by atoms with Gasteiger partial charge in [0.2, 0.25) is 0 Å². The average molecular weight is 250 g/mol. The van der Waals surface area contributed by atoms with Crippen molar-refractivity contribution in [1.29, 1.82) is 0 Å². The predicted octanol–water partition coefficient (Wildman–Crippen LogP) is 4.04. The zero-order valence-corrected chi connectivity index (χ0v) is 10.1. The average Bonchev–Trinajstić information content (AvgIpc) is 2.39. The number of hydrogen-bond acceptors (Lipinski definition) is 1. The van der Waals surface area contributed by atoms with Crippen LogP contribution in [0.1, 0.15) is 5.56 Å². The van der Waals surface area contributed by atoms with Crippen molar-refractivity contribution in [3.8, 4) is 16.9 Å². The first-order valence-corrected chi connectivity index (χ1v) is 5.68. The van der Waals surface area contributed by atoms with Crippen molar-refractivity contribution in [2.24, 2.45) is 0 Å². The van der Waals surface area contributed by atoms with Crippen LogP contribution in [-0.2, 0) is 5.88 Å². The normalized spacial score (nSPS) is 10.3. The minimum atomic E-state index is -0.317. The molecule has 2 rings (SSSR count). The van der Waals surface area contributed by atoms with Gasteiger partial charge < -0.3 is 4.74 Å². The van der Waals surface area contributed by atoms with E-state index < -0.39 is 0 Å². The number of rotatable bonds is 3. The number of methoxy groups -OCH3 is 1. The Bertz CT molecular complexity index is 508. The summed E-state index contributed by atoms with van der Waals surface area (Å²) >= 11 is 5.71. The van der Waals surface area contributed by atoms with Gasteiger partial charge in [-0.25, -0.2) is 4.39 Å². The van der Waals surface area contributed by atoms with Gasteiger partial charge >= 0.3 is 0 Å². The van der Waals surface area contributed by atoms with Gasteiger partial charge in [-0.15, -0.1) is 11.6 Å². The minimum Gasteiger partial charge on any atom is -0.496 e. The first-order chi connectivity index (χ1) is 8.24. The molecule has 0 atom stereocenters. The molecule has 87 valence electrons. The van der Waals surface area contributed by atoms with E-state index in [4.69, 9.17) is 16.3 Å². The Morgan fingerprint density at radius 3 is 2.71 bits per heavy atom. The molecular weight excluding hydrogens is 239 g/mol. The molecule has 0 heterocycles. The van der Waals surface area contributed by atoms with Crippen molar-refractivity contribution in [3.05, 3.63) is 53.8 Å². The van der Waals surface area contributed by atoms with E-state index in [0.717, 1.165) is 16.7 Å². The van der Waals surface area contributed by atoms with Gasteiger partial charge in [-0.2, -0.15) is 0 Å². The number of ether oxygens (including phenoxy) is 1. The molecule has 0 unspecified atom stereocenters. The lowest BCUT2D eigenvalue weighted by Crippen LogP contribution is -1.89. The predicted molar refractivity (Wildman–Crippen MR) is 66.8 cm³/mol. The minimum absolute atomic E-state index is 0.317. The molecule has 0 bridgehead atoms. The standard InChI is InChI=1S/C14H11ClFO/c1-17-14-8-12(16)6-7-13(14)11-4-2-10(9-15)3-5-11/h2-4,6-8H,9H2,1H3. The van der Waals surface area contributed by atoms with Crippen molar-refractivity contribution < 1.29 is 9.13 Å². The van der Waals surface area contributed by atoms with E-state index in [1.54, 1.807) is 6.07 Å². The molecule has 1 nitrogen and oxygen atoms in total. The van der Waals surface area contributed by atoms with Crippen LogP contribution >= 0.6 is 11.6 Å². The van der Waals surface area contributed by atoms with Gasteiger partial charge in [0.25, 0.3) is 0 Å². The number of halogens is 2. The maximum Gasteiger partial charge on any atom is 0.129 e. The van der Waals surface area contributed by atoms with Crippen LogP contribution in [-0.4, -0.2) is 7.11 Å². The van der Waals surface area contributed by atoms with Gasteiger partial charge in [0.1, 0.15) is 11.6 Å². The Morgan fingerprint density at radius 1 is 1.29 bits per heavy atom. The van der Waals surface area contributed by atoms with Gasteiger partial charge in [0, 0.05) is 17.5 Å². The summed E-state index contributed by atoms with van der Waals surface area (Å²) < 4.78 is 18.2. The van der Waals surface area contributed by atoms with E-state index in [0.29, 0.717) is 11.6 Å². The largest absolute Gasteiger partial charge is 0.496 e. The first kappa shape index (κ1) is 11.9. The fourth-order valence-corrected chi connectivity index (χ4v) is 1.76. The third kappa shape index (κ3) is 2.59. The van der Waals surface area contributed by atoms with Crippen molar-refractivity contribution in [2.45, 2.75) is 5.88 Å². The maximum atomic E-state index is 13.1. The van der Waals surface area contributed by atoms with Crippen LogP contribution in [0.25, 0.3) is 11.1 Å². The molecule has 17 heavy (non-hydrogen) atoms. The molecule has 0 saturated heterocycles. The fraction of sp³-hybridized carbons (Fsp3) is 0.143. The van der Waals surface area contributed by atoms with Gasteiger partial charge in [0.05, 0.1) is 7.11 Å². The summed E-state index contributed by atoms with van der Waals surface area (Å²) in [5.41, 5.74) is 2.67. The Hall–Kier alpha value is -1.54. The van der Waals surface area contributed by atoms with E-state index in [1.165, 1.54) is 19.2 Å². The van der Waals surface area contributed by atoms with Crippen LogP contribution < -0.4 is 4.74 Å². The molecular formula is C14H11ClFO. The zero-order valence-electron chi connectivity index (χ0n) is 9.34. The van der Waals surface area contributed by atoms with Crippen molar-refractivity contribution >= 4 is 11.6 Å². The quantitative estimate of drug-likeness (QED) is 0.746. The van der Waals surface area contributed by atoms with E-state index in [2.05, 4.69) is 6.07 Å². The maximum absolute atomic E-state index is 13.1. The Morgan fingerprint density at radius 2 is 2.12 bits per heavy atom. The third-order valence-corrected chi connectivity index (χ3v) is 2.79. The summed E-state index contributed by atoms with van der Waals surface area (Å²) in [6.45, 7) is 0. The van der Waals surface area contributed by atoms with E-state index >= 15 is 0 Å². The van der Waals surface area contributed by atoms with Crippen molar-refractivity contribution in [1.82, 2.24) is 0 Å². The lowest BCUT2D eigenvalue weighted by molar-refractivity contribution is 0.413. The van der Waals surface area contributed by atoms with Crippen LogP contribution in [0.4, 0.5) is 4.39 Å². The molecule has 0 amide bonds. The SMILES string of the molecule is COc1cc(F)ccc1-c1[c]cc(CCl)cc1. The van der Waals surface area contributed by atoms with Gasteiger partial charge in [-0.1, -0.05) is 12.1 Å². The van der Waals surface area contributed by atoms with Gasteiger partial charge in [0.15, 0.2) is 0 Å². The second kappa shape index (κ2) is 5.19. The summed E-state index contributed by atoms with van der Waals surface area (Å²) in [4.78, 5) is 0. The molecule has 0 spiro atoms. The molecule has 0 aliphatic carbocycles. The highest BCUT2D eigenvalue weighted by molar-refractivity contribution is 6.17. The summed E-state index contributed by atoms with van der Waals surface area (Å²) in [7, 11) is 1.52. The molecule has 3 heteroatoms. The second-order valence-electron chi connectivity index (χ2n) is 3.59. The van der Waals surface area contributed by atoms with Crippen molar-refractivity contribution in [3.63, 3.8) is 0 Å². The molecule has 0 N–H and O–H groups in total. The topological polar surface area (TPSA) is 9.23 Å². The highest BCUT2D eigenvalue weighted by Gasteiger charge is 2.07. The van der Waals surface area contributed by atoms with E-state index in [9.17, 15) is 4.39 Å². The highest BCUT2D eigenvalue weighted by atomic mass is 35.5. The third-order valence-electron chi connectivity index (χ3n) is 2.49. The Balaban J connectivity index is 2.44. The lowest BCUT2D eigenvalue weighted by atomic mass is 10.0. The van der Waals surface area contributed by atoms with Crippen LogP contribution in [0.5, 0.6) is 5.75 Å². The molecule has 0 aliphatic rings. The number of hydrogen-bond donors (Lipinski definition) is 0. The number of alkyl halides is 1. The fourth-order valence-electron chi connectivity index (χ4n) is 1.60. The highest BCUT2D eigenvalue weighted by Crippen LogP contribution is 2.30. The molecule has 0 saturated carbocycles. The van der Waals surface area contributed by atoms with Crippen molar-refractivity contribution in [2.75, 3.05) is 7.11 Å². The number of benzene rings is 2. The molecule has 2 aromatic carbocycles. The summed E-state index contributed by atoms with van der Waals surface area (Å²) in [5.74, 6) is 0.639. The van der Waals surface area contributed by atoms with Crippen LogP contribution in [0.2, 0.25) is 0 Å². The molecule has 0 aromatic heterocycles. The van der Waals surface area contributed by atoms with Gasteiger partial charge in [-0.05, 0) is 35.4 Å². The van der Waals surface area contributed by atoms with Crippen LogP contribution in [0.15, 0.2) is 36.4 Å². The molecule has 2 aromatic rings. The molecule has 1 radical (unpaired) electrons. The summed E-state index contributed by atoms with van der Waals surface area (Å²) in [6, 6.07) is 13.2. The summed E-state index contributed by atoms with van der Waals surface area (Å²) in [6.07, 6.45) is 0. The molecule has 0 fully saturated rings. The second-order valence-corrected chi connectivity index (χ2v) is 3.86. The Labute approximate surface area is 105 Å². The molecule has 0 aliphatic heterocycles. The van der Waals surface area contributed by atoms with E-state index in [-0.39, 0.29) is 5.82 Å². The smallest absolute Gasteiger partial charge is 0.129 e. The van der Waals surface area contributed by atoms with Gasteiger partial charge in [-0.3, -0.25) is 0 Å². The summed E-state index contributed by atoms with van der Waals surface area (Å²) in [5, 5.41) is 0. The first-order valence-electron chi connectivity index (χ1n) is 5.15. The Kier molecular flexibility index (Phi) is 3.64. The zero-order chi connectivity index (χ0) is 12.3. The lowest BCUT2D eigenvalue weighted by Gasteiger charge is -2.08. The van der Waals surface area contributed by atoms with Crippen LogP contribution in [0.3, 0.4) is 0 Å². The monoisotopic (exact) mass is 249 g/mol. The van der Waals surface area contributed by atoms with Crippen LogP contribution in [0, 0.1) is 11.9 Å².